The fraction of sp³-hybridized carbons (Fsp3) is 0.385. The van der Waals surface area contributed by atoms with Crippen molar-refractivity contribution < 1.29 is 4.52 Å². The third-order valence-electron chi connectivity index (χ3n) is 3.15. The molecule has 0 aliphatic heterocycles. The first-order valence-electron chi connectivity index (χ1n) is 6.07. The highest BCUT2D eigenvalue weighted by Crippen LogP contribution is 2.36. The minimum absolute atomic E-state index is 0.147. The molecule has 0 amide bonds. The number of hydrogen-bond acceptors (Lipinski definition) is 4. The van der Waals surface area contributed by atoms with Gasteiger partial charge in [0.05, 0.1) is 6.04 Å². The molecular formula is C13H14ClN3O. The summed E-state index contributed by atoms with van der Waals surface area (Å²) in [4.78, 5) is 4.35. The van der Waals surface area contributed by atoms with Crippen molar-refractivity contribution >= 4 is 11.6 Å². The lowest BCUT2D eigenvalue weighted by molar-refractivity contribution is 0.344. The number of benzene rings is 1. The van der Waals surface area contributed by atoms with E-state index in [0.717, 1.165) is 17.9 Å². The predicted octanol–water partition coefficient (Wildman–Crippen LogP) is 3.19. The zero-order valence-corrected chi connectivity index (χ0v) is 10.6. The summed E-state index contributed by atoms with van der Waals surface area (Å²) in [5, 5.41) is 4.64. The standard InChI is InChI=1S/C13H14ClN3O/c14-10-5-3-9(4-6-10)12-16-13(18-17-12)11(15)7-8-1-2-8/h3-6,8,11H,1-2,7,15H2/t11-/m0/s1. The minimum atomic E-state index is -0.147. The maximum absolute atomic E-state index is 6.03. The first-order valence-corrected chi connectivity index (χ1v) is 6.45. The van der Waals surface area contributed by atoms with Crippen LogP contribution in [0.1, 0.15) is 31.2 Å². The van der Waals surface area contributed by atoms with Gasteiger partial charge in [-0.25, -0.2) is 0 Å². The Morgan fingerprint density at radius 1 is 1.33 bits per heavy atom. The second kappa shape index (κ2) is 4.71. The van der Waals surface area contributed by atoms with Crippen molar-refractivity contribution in [3.63, 3.8) is 0 Å². The summed E-state index contributed by atoms with van der Waals surface area (Å²) >= 11 is 5.83. The van der Waals surface area contributed by atoms with E-state index in [1.807, 2.05) is 12.1 Å². The average Bonchev–Trinajstić information content (AvgIpc) is 3.04. The van der Waals surface area contributed by atoms with E-state index in [0.29, 0.717) is 16.7 Å². The van der Waals surface area contributed by atoms with Crippen LogP contribution < -0.4 is 5.73 Å². The molecule has 1 aliphatic rings. The molecule has 4 nitrogen and oxygen atoms in total. The Labute approximate surface area is 110 Å². The van der Waals surface area contributed by atoms with E-state index in [9.17, 15) is 0 Å². The van der Waals surface area contributed by atoms with Crippen LogP contribution in [0.4, 0.5) is 0 Å². The third-order valence-corrected chi connectivity index (χ3v) is 3.40. The van der Waals surface area contributed by atoms with Crippen LogP contribution in [0.2, 0.25) is 5.02 Å². The van der Waals surface area contributed by atoms with Gasteiger partial charge in [0, 0.05) is 10.6 Å². The lowest BCUT2D eigenvalue weighted by atomic mass is 10.1. The van der Waals surface area contributed by atoms with E-state index in [2.05, 4.69) is 10.1 Å². The summed E-state index contributed by atoms with van der Waals surface area (Å²) in [6.45, 7) is 0. The Bertz CT molecular complexity index is 533. The molecule has 1 atom stereocenters. The maximum atomic E-state index is 6.03. The van der Waals surface area contributed by atoms with Crippen LogP contribution in [0.25, 0.3) is 11.4 Å². The van der Waals surface area contributed by atoms with Crippen LogP contribution in [-0.2, 0) is 0 Å². The van der Waals surface area contributed by atoms with E-state index in [4.69, 9.17) is 21.9 Å². The maximum Gasteiger partial charge on any atom is 0.243 e. The van der Waals surface area contributed by atoms with Crippen LogP contribution >= 0.6 is 11.6 Å². The monoisotopic (exact) mass is 263 g/mol. The molecule has 0 unspecified atom stereocenters. The molecule has 1 fully saturated rings. The lowest BCUT2D eigenvalue weighted by Gasteiger charge is -2.03. The topological polar surface area (TPSA) is 64.9 Å². The molecule has 0 bridgehead atoms. The van der Waals surface area contributed by atoms with Gasteiger partial charge in [0.1, 0.15) is 0 Å². The van der Waals surface area contributed by atoms with Crippen LogP contribution in [0.3, 0.4) is 0 Å². The van der Waals surface area contributed by atoms with Crippen molar-refractivity contribution in [2.24, 2.45) is 11.7 Å². The second-order valence-corrected chi connectivity index (χ2v) is 5.19. The first-order chi connectivity index (χ1) is 8.72. The number of aromatic nitrogens is 2. The van der Waals surface area contributed by atoms with Crippen molar-refractivity contribution in [2.45, 2.75) is 25.3 Å². The summed E-state index contributed by atoms with van der Waals surface area (Å²) in [7, 11) is 0. The fourth-order valence-electron chi connectivity index (χ4n) is 1.92. The molecule has 1 heterocycles. The highest BCUT2D eigenvalue weighted by Gasteiger charge is 2.27. The van der Waals surface area contributed by atoms with Gasteiger partial charge < -0.3 is 10.3 Å². The number of hydrogen-bond donors (Lipinski definition) is 1. The highest BCUT2D eigenvalue weighted by atomic mass is 35.5. The molecule has 1 aliphatic carbocycles. The van der Waals surface area contributed by atoms with Crippen molar-refractivity contribution in [2.75, 3.05) is 0 Å². The molecule has 94 valence electrons. The number of nitrogens with zero attached hydrogens (tertiary/aromatic N) is 2. The van der Waals surface area contributed by atoms with Crippen molar-refractivity contribution in [3.8, 4) is 11.4 Å². The number of halogens is 1. The van der Waals surface area contributed by atoms with Gasteiger partial charge in [0.2, 0.25) is 11.7 Å². The smallest absolute Gasteiger partial charge is 0.243 e. The molecule has 1 saturated carbocycles. The van der Waals surface area contributed by atoms with E-state index in [1.54, 1.807) is 12.1 Å². The Hall–Kier alpha value is -1.39. The summed E-state index contributed by atoms with van der Waals surface area (Å²) in [5.41, 5.74) is 6.92. The molecular weight excluding hydrogens is 250 g/mol. The zero-order chi connectivity index (χ0) is 12.5. The normalized spacial score (nSPS) is 16.8. The minimum Gasteiger partial charge on any atom is -0.337 e. The molecule has 1 aromatic heterocycles. The van der Waals surface area contributed by atoms with Gasteiger partial charge in [-0.1, -0.05) is 29.6 Å². The van der Waals surface area contributed by atoms with Crippen LogP contribution in [-0.4, -0.2) is 10.1 Å². The van der Waals surface area contributed by atoms with Crippen molar-refractivity contribution in [1.82, 2.24) is 10.1 Å². The fourth-order valence-corrected chi connectivity index (χ4v) is 2.04. The lowest BCUT2D eigenvalue weighted by Crippen LogP contribution is -2.11. The largest absolute Gasteiger partial charge is 0.337 e. The van der Waals surface area contributed by atoms with Crippen molar-refractivity contribution in [1.29, 1.82) is 0 Å². The molecule has 0 spiro atoms. The molecule has 0 radical (unpaired) electrons. The number of nitrogens with two attached hydrogens (primary N) is 1. The summed E-state index contributed by atoms with van der Waals surface area (Å²) < 4.78 is 5.22. The predicted molar refractivity (Wildman–Crippen MR) is 69.0 cm³/mol. The quantitative estimate of drug-likeness (QED) is 0.920. The van der Waals surface area contributed by atoms with Gasteiger partial charge in [0.15, 0.2) is 0 Å². The van der Waals surface area contributed by atoms with Gasteiger partial charge >= 0.3 is 0 Å². The van der Waals surface area contributed by atoms with Crippen molar-refractivity contribution in [3.05, 3.63) is 35.2 Å². The van der Waals surface area contributed by atoms with Crippen LogP contribution in [0.15, 0.2) is 28.8 Å². The van der Waals surface area contributed by atoms with E-state index in [1.165, 1.54) is 12.8 Å². The summed E-state index contributed by atoms with van der Waals surface area (Å²) in [6, 6.07) is 7.19. The number of rotatable bonds is 4. The van der Waals surface area contributed by atoms with E-state index >= 15 is 0 Å². The van der Waals surface area contributed by atoms with Gasteiger partial charge in [-0.15, -0.1) is 0 Å². The summed E-state index contributed by atoms with van der Waals surface area (Å²) in [6.07, 6.45) is 3.47. The highest BCUT2D eigenvalue weighted by molar-refractivity contribution is 6.30. The molecule has 3 rings (SSSR count). The first kappa shape index (κ1) is 11.7. The van der Waals surface area contributed by atoms with Gasteiger partial charge in [-0.2, -0.15) is 4.98 Å². The average molecular weight is 264 g/mol. The molecule has 18 heavy (non-hydrogen) atoms. The van der Waals surface area contributed by atoms with E-state index < -0.39 is 0 Å². The molecule has 0 saturated heterocycles. The Balaban J connectivity index is 1.77. The van der Waals surface area contributed by atoms with Gasteiger partial charge in [0.25, 0.3) is 0 Å². The Morgan fingerprint density at radius 2 is 2.06 bits per heavy atom. The summed E-state index contributed by atoms with van der Waals surface area (Å²) in [5.74, 6) is 1.82. The van der Waals surface area contributed by atoms with E-state index in [-0.39, 0.29) is 6.04 Å². The van der Waals surface area contributed by atoms with Crippen LogP contribution in [0.5, 0.6) is 0 Å². The van der Waals surface area contributed by atoms with Gasteiger partial charge in [-0.05, 0) is 36.6 Å². The van der Waals surface area contributed by atoms with Crippen LogP contribution in [0, 0.1) is 5.92 Å². The third kappa shape index (κ3) is 2.54. The Morgan fingerprint density at radius 3 is 2.72 bits per heavy atom. The second-order valence-electron chi connectivity index (χ2n) is 4.75. The molecule has 1 aromatic carbocycles. The molecule has 2 aromatic rings. The Kier molecular flexibility index (Phi) is 3.06. The molecule has 5 heteroatoms. The SMILES string of the molecule is N[C@@H](CC1CC1)c1nc(-c2ccc(Cl)cc2)no1. The zero-order valence-electron chi connectivity index (χ0n) is 9.84. The van der Waals surface area contributed by atoms with Gasteiger partial charge in [-0.3, -0.25) is 0 Å². The molecule has 2 N–H and O–H groups in total.